The Hall–Kier alpha value is -1.07. The van der Waals surface area contributed by atoms with Gasteiger partial charge in [-0.3, -0.25) is 0 Å². The molecule has 0 atom stereocenters. The van der Waals surface area contributed by atoms with Gasteiger partial charge in [0.2, 0.25) is 10.0 Å². The molecule has 3 rings (SSSR count). The predicted octanol–water partition coefficient (Wildman–Crippen LogP) is 1.83. The van der Waals surface area contributed by atoms with Gasteiger partial charge in [-0.05, 0) is 37.0 Å². The summed E-state index contributed by atoms with van der Waals surface area (Å²) in [6.07, 6.45) is 2.97. The number of hydrogen-bond acceptors (Lipinski definition) is 3. The third-order valence-corrected chi connectivity index (χ3v) is 5.69. The van der Waals surface area contributed by atoms with E-state index in [0.29, 0.717) is 11.4 Å². The zero-order valence-corrected chi connectivity index (χ0v) is 11.3. The van der Waals surface area contributed by atoms with Gasteiger partial charge in [-0.1, -0.05) is 13.0 Å². The fourth-order valence-corrected chi connectivity index (χ4v) is 4.27. The van der Waals surface area contributed by atoms with Crippen LogP contribution in [0, 0.1) is 0 Å². The quantitative estimate of drug-likeness (QED) is 0.904. The molecule has 0 saturated heterocycles. The van der Waals surface area contributed by atoms with Crippen molar-refractivity contribution >= 4 is 15.7 Å². The molecule has 0 aromatic heterocycles. The maximum atomic E-state index is 12.5. The molecule has 4 nitrogen and oxygen atoms in total. The SMILES string of the molecule is CCN(C1CC1)S(=O)(=O)c1ccc2c(c1)NCC2. The first-order valence-corrected chi connectivity index (χ1v) is 7.95. The molecule has 18 heavy (non-hydrogen) atoms. The van der Waals surface area contributed by atoms with E-state index in [1.54, 1.807) is 16.4 Å². The highest BCUT2D eigenvalue weighted by atomic mass is 32.2. The van der Waals surface area contributed by atoms with Gasteiger partial charge in [0.15, 0.2) is 0 Å². The van der Waals surface area contributed by atoms with E-state index in [9.17, 15) is 8.42 Å². The number of nitrogens with zero attached hydrogens (tertiary/aromatic N) is 1. The molecule has 1 fully saturated rings. The highest BCUT2D eigenvalue weighted by molar-refractivity contribution is 7.89. The van der Waals surface area contributed by atoms with Gasteiger partial charge in [0.1, 0.15) is 0 Å². The van der Waals surface area contributed by atoms with Crippen LogP contribution in [0.4, 0.5) is 5.69 Å². The molecule has 0 spiro atoms. The molecule has 98 valence electrons. The average Bonchev–Trinajstić information content (AvgIpc) is 3.06. The van der Waals surface area contributed by atoms with E-state index in [4.69, 9.17) is 0 Å². The van der Waals surface area contributed by atoms with Crippen LogP contribution in [0.2, 0.25) is 0 Å². The highest BCUT2D eigenvalue weighted by Crippen LogP contribution is 2.33. The van der Waals surface area contributed by atoms with Crippen molar-refractivity contribution in [2.24, 2.45) is 0 Å². The topological polar surface area (TPSA) is 49.4 Å². The lowest BCUT2D eigenvalue weighted by Gasteiger charge is -2.20. The normalized spacial score (nSPS) is 18.8. The van der Waals surface area contributed by atoms with Gasteiger partial charge < -0.3 is 5.32 Å². The van der Waals surface area contributed by atoms with E-state index in [0.717, 1.165) is 31.5 Å². The lowest BCUT2D eigenvalue weighted by molar-refractivity contribution is 0.421. The molecule has 0 amide bonds. The van der Waals surface area contributed by atoms with Gasteiger partial charge in [0, 0.05) is 24.8 Å². The fraction of sp³-hybridized carbons (Fsp3) is 0.538. The van der Waals surface area contributed by atoms with E-state index < -0.39 is 10.0 Å². The summed E-state index contributed by atoms with van der Waals surface area (Å²) in [7, 11) is -3.32. The summed E-state index contributed by atoms with van der Waals surface area (Å²) >= 11 is 0. The van der Waals surface area contributed by atoms with Crippen molar-refractivity contribution in [1.29, 1.82) is 0 Å². The lowest BCUT2D eigenvalue weighted by Crippen LogP contribution is -2.32. The maximum Gasteiger partial charge on any atom is 0.243 e. The van der Waals surface area contributed by atoms with Crippen molar-refractivity contribution < 1.29 is 8.42 Å². The number of sulfonamides is 1. The third kappa shape index (κ3) is 1.91. The van der Waals surface area contributed by atoms with Crippen LogP contribution in [0.3, 0.4) is 0 Å². The van der Waals surface area contributed by atoms with Crippen LogP contribution in [0.1, 0.15) is 25.3 Å². The molecule has 1 aliphatic carbocycles. The summed E-state index contributed by atoms with van der Waals surface area (Å²) in [6.45, 7) is 3.36. The van der Waals surface area contributed by atoms with Crippen LogP contribution >= 0.6 is 0 Å². The number of rotatable bonds is 4. The molecular weight excluding hydrogens is 248 g/mol. The Balaban J connectivity index is 1.97. The van der Waals surface area contributed by atoms with Crippen LogP contribution in [0.15, 0.2) is 23.1 Å². The first-order valence-electron chi connectivity index (χ1n) is 6.51. The Kier molecular flexibility index (Phi) is 2.83. The molecule has 1 aromatic carbocycles. The van der Waals surface area contributed by atoms with Crippen molar-refractivity contribution in [3.05, 3.63) is 23.8 Å². The smallest absolute Gasteiger partial charge is 0.243 e. The summed E-state index contributed by atoms with van der Waals surface area (Å²) in [5.74, 6) is 0. The predicted molar refractivity (Wildman–Crippen MR) is 71.2 cm³/mol. The molecule has 1 aliphatic heterocycles. The Labute approximate surface area is 108 Å². The molecule has 1 aromatic rings. The number of hydrogen-bond donors (Lipinski definition) is 1. The van der Waals surface area contributed by atoms with E-state index in [1.807, 2.05) is 13.0 Å². The van der Waals surface area contributed by atoms with Crippen molar-refractivity contribution in [3.8, 4) is 0 Å². The zero-order chi connectivity index (χ0) is 12.8. The van der Waals surface area contributed by atoms with Crippen molar-refractivity contribution in [2.45, 2.75) is 37.1 Å². The van der Waals surface area contributed by atoms with Crippen LogP contribution in [-0.2, 0) is 16.4 Å². The largest absolute Gasteiger partial charge is 0.384 e. The minimum absolute atomic E-state index is 0.223. The molecule has 2 aliphatic rings. The molecule has 5 heteroatoms. The monoisotopic (exact) mass is 266 g/mol. The summed E-state index contributed by atoms with van der Waals surface area (Å²) in [6, 6.07) is 5.68. The van der Waals surface area contributed by atoms with E-state index in [1.165, 1.54) is 5.56 Å². The van der Waals surface area contributed by atoms with E-state index in [-0.39, 0.29) is 6.04 Å². The zero-order valence-electron chi connectivity index (χ0n) is 10.5. The number of anilines is 1. The Morgan fingerprint density at radius 1 is 1.39 bits per heavy atom. The van der Waals surface area contributed by atoms with E-state index >= 15 is 0 Å². The standard InChI is InChI=1S/C13H18N2O2S/c1-2-15(11-4-5-11)18(16,17)12-6-3-10-7-8-14-13(10)9-12/h3,6,9,11,14H,2,4-5,7-8H2,1H3. The number of fused-ring (bicyclic) bond motifs is 1. The van der Waals surface area contributed by atoms with Gasteiger partial charge >= 0.3 is 0 Å². The Bertz CT molecular complexity index is 564. The van der Waals surface area contributed by atoms with Crippen molar-refractivity contribution in [1.82, 2.24) is 4.31 Å². The van der Waals surface area contributed by atoms with Crippen LogP contribution < -0.4 is 5.32 Å². The first-order chi connectivity index (χ1) is 8.63. The molecule has 0 radical (unpaired) electrons. The average molecular weight is 266 g/mol. The summed E-state index contributed by atoms with van der Waals surface area (Å²) < 4.78 is 26.7. The molecule has 1 heterocycles. The van der Waals surface area contributed by atoms with Gasteiger partial charge in [0.25, 0.3) is 0 Å². The first kappa shape index (κ1) is 12.0. The fourth-order valence-electron chi connectivity index (χ4n) is 2.55. The minimum atomic E-state index is -3.32. The lowest BCUT2D eigenvalue weighted by atomic mass is 10.2. The second-order valence-corrected chi connectivity index (χ2v) is 6.83. The third-order valence-electron chi connectivity index (χ3n) is 3.66. The van der Waals surface area contributed by atoms with Crippen LogP contribution in [0.25, 0.3) is 0 Å². The van der Waals surface area contributed by atoms with Crippen molar-refractivity contribution in [3.63, 3.8) is 0 Å². The molecule has 0 bridgehead atoms. The van der Waals surface area contributed by atoms with Gasteiger partial charge in [-0.25, -0.2) is 8.42 Å². The summed E-state index contributed by atoms with van der Waals surface area (Å²) in [5.41, 5.74) is 2.19. The maximum absolute atomic E-state index is 12.5. The Morgan fingerprint density at radius 2 is 2.17 bits per heavy atom. The van der Waals surface area contributed by atoms with Gasteiger partial charge in [0.05, 0.1) is 4.90 Å². The number of benzene rings is 1. The van der Waals surface area contributed by atoms with Gasteiger partial charge in [-0.2, -0.15) is 4.31 Å². The molecule has 0 unspecified atom stereocenters. The molecular formula is C13H18N2O2S. The Morgan fingerprint density at radius 3 is 2.83 bits per heavy atom. The van der Waals surface area contributed by atoms with Crippen LogP contribution in [0.5, 0.6) is 0 Å². The van der Waals surface area contributed by atoms with E-state index in [2.05, 4.69) is 5.32 Å². The second-order valence-electron chi connectivity index (χ2n) is 4.94. The minimum Gasteiger partial charge on any atom is -0.384 e. The number of nitrogens with one attached hydrogen (secondary N) is 1. The summed E-state index contributed by atoms with van der Waals surface area (Å²) in [4.78, 5) is 0.421. The van der Waals surface area contributed by atoms with Gasteiger partial charge in [-0.15, -0.1) is 0 Å². The van der Waals surface area contributed by atoms with Crippen molar-refractivity contribution in [2.75, 3.05) is 18.4 Å². The molecule has 1 N–H and O–H groups in total. The summed E-state index contributed by atoms with van der Waals surface area (Å²) in [5, 5.41) is 3.23. The van der Waals surface area contributed by atoms with Crippen LogP contribution in [-0.4, -0.2) is 31.9 Å². The highest BCUT2D eigenvalue weighted by Gasteiger charge is 2.37. The second kappa shape index (κ2) is 4.24. The molecule has 1 saturated carbocycles.